The van der Waals surface area contributed by atoms with Gasteiger partial charge in [-0.05, 0) is 12.5 Å². The Morgan fingerprint density at radius 1 is 1.61 bits per heavy atom. The Morgan fingerprint density at radius 3 is 3.06 bits per heavy atom. The van der Waals surface area contributed by atoms with Crippen LogP contribution in [0, 0.1) is 10.1 Å². The minimum Gasteiger partial charge on any atom is -0.361 e. The van der Waals surface area contributed by atoms with Crippen LogP contribution in [0.15, 0.2) is 18.3 Å². The molecule has 1 aromatic heterocycles. The molecule has 96 valence electrons. The maximum absolute atomic E-state index is 11.5. The van der Waals surface area contributed by atoms with Crippen LogP contribution in [0.1, 0.15) is 12.8 Å². The SMILES string of the molecule is CN1CC[C@@H](Nc2ncccc2[N+](=O)[O-])CC1=O. The zero-order chi connectivity index (χ0) is 13.1. The molecule has 2 rings (SSSR count). The topological polar surface area (TPSA) is 88.4 Å². The van der Waals surface area contributed by atoms with E-state index in [2.05, 4.69) is 10.3 Å². The van der Waals surface area contributed by atoms with E-state index in [-0.39, 0.29) is 23.5 Å². The number of anilines is 1. The van der Waals surface area contributed by atoms with Gasteiger partial charge in [-0.1, -0.05) is 0 Å². The van der Waals surface area contributed by atoms with Crippen LogP contribution in [-0.2, 0) is 4.79 Å². The third-order valence-corrected chi connectivity index (χ3v) is 2.98. The highest BCUT2D eigenvalue weighted by Gasteiger charge is 2.25. The summed E-state index contributed by atoms with van der Waals surface area (Å²) in [6.07, 6.45) is 2.59. The van der Waals surface area contributed by atoms with E-state index >= 15 is 0 Å². The normalized spacial score (nSPS) is 19.7. The Morgan fingerprint density at radius 2 is 2.39 bits per heavy atom. The number of carbonyl (C=O) groups is 1. The second kappa shape index (κ2) is 4.99. The quantitative estimate of drug-likeness (QED) is 0.639. The molecule has 0 radical (unpaired) electrons. The third kappa shape index (κ3) is 2.55. The van der Waals surface area contributed by atoms with Crippen molar-refractivity contribution in [3.63, 3.8) is 0 Å². The summed E-state index contributed by atoms with van der Waals surface area (Å²) in [6.45, 7) is 0.650. The van der Waals surface area contributed by atoms with Crippen molar-refractivity contribution in [2.24, 2.45) is 0 Å². The fourth-order valence-corrected chi connectivity index (χ4v) is 1.91. The van der Waals surface area contributed by atoms with Crippen LogP contribution >= 0.6 is 0 Å². The lowest BCUT2D eigenvalue weighted by Crippen LogP contribution is -2.41. The highest BCUT2D eigenvalue weighted by Crippen LogP contribution is 2.23. The Hall–Kier alpha value is -2.18. The molecular weight excluding hydrogens is 236 g/mol. The van der Waals surface area contributed by atoms with Crippen molar-refractivity contribution in [2.75, 3.05) is 18.9 Å². The Kier molecular flexibility index (Phi) is 3.40. The number of amides is 1. The first kappa shape index (κ1) is 12.3. The van der Waals surface area contributed by atoms with Crippen LogP contribution in [0.25, 0.3) is 0 Å². The van der Waals surface area contributed by atoms with E-state index in [1.165, 1.54) is 18.3 Å². The molecule has 1 N–H and O–H groups in total. The molecule has 0 saturated carbocycles. The molecule has 0 aliphatic carbocycles. The Labute approximate surface area is 104 Å². The van der Waals surface area contributed by atoms with Crippen LogP contribution in [0.5, 0.6) is 0 Å². The number of aromatic nitrogens is 1. The van der Waals surface area contributed by atoms with Gasteiger partial charge in [0.15, 0.2) is 0 Å². The van der Waals surface area contributed by atoms with Gasteiger partial charge in [0.2, 0.25) is 11.7 Å². The number of hydrogen-bond donors (Lipinski definition) is 1. The molecule has 1 saturated heterocycles. The minimum atomic E-state index is -0.480. The first-order valence-corrected chi connectivity index (χ1v) is 5.68. The highest BCUT2D eigenvalue weighted by molar-refractivity contribution is 5.78. The molecular formula is C11H14N4O3. The average Bonchev–Trinajstić information content (AvgIpc) is 2.34. The summed E-state index contributed by atoms with van der Waals surface area (Å²) in [5.41, 5.74) is -0.0659. The second-order valence-corrected chi connectivity index (χ2v) is 4.28. The van der Waals surface area contributed by atoms with Crippen LogP contribution < -0.4 is 5.32 Å². The largest absolute Gasteiger partial charge is 0.361 e. The fraction of sp³-hybridized carbons (Fsp3) is 0.455. The molecule has 0 bridgehead atoms. The molecule has 18 heavy (non-hydrogen) atoms. The lowest BCUT2D eigenvalue weighted by Gasteiger charge is -2.29. The Balaban J connectivity index is 2.10. The number of nitrogens with zero attached hydrogens (tertiary/aromatic N) is 3. The number of likely N-dealkylation sites (tertiary alicyclic amines) is 1. The molecule has 1 atom stereocenters. The molecule has 1 aliphatic rings. The fourth-order valence-electron chi connectivity index (χ4n) is 1.91. The molecule has 0 unspecified atom stereocenters. The monoisotopic (exact) mass is 250 g/mol. The summed E-state index contributed by atoms with van der Waals surface area (Å²) in [6, 6.07) is 2.82. The van der Waals surface area contributed by atoms with Crippen molar-refractivity contribution in [1.82, 2.24) is 9.88 Å². The number of nitro groups is 1. The molecule has 0 spiro atoms. The van der Waals surface area contributed by atoms with E-state index in [4.69, 9.17) is 0 Å². The van der Waals surface area contributed by atoms with Crippen molar-refractivity contribution in [1.29, 1.82) is 0 Å². The highest BCUT2D eigenvalue weighted by atomic mass is 16.6. The summed E-state index contributed by atoms with van der Waals surface area (Å²) >= 11 is 0. The van der Waals surface area contributed by atoms with Crippen LogP contribution in [0.3, 0.4) is 0 Å². The van der Waals surface area contributed by atoms with E-state index in [0.717, 1.165) is 6.42 Å². The van der Waals surface area contributed by atoms with Crippen LogP contribution in [-0.4, -0.2) is 40.3 Å². The summed E-state index contributed by atoms with van der Waals surface area (Å²) in [5.74, 6) is 0.266. The van der Waals surface area contributed by atoms with E-state index in [1.807, 2.05) is 0 Å². The minimum absolute atomic E-state index is 0.0392. The molecule has 1 aliphatic heterocycles. The van der Waals surface area contributed by atoms with E-state index in [1.54, 1.807) is 11.9 Å². The first-order chi connectivity index (χ1) is 8.58. The summed E-state index contributed by atoms with van der Waals surface area (Å²) in [5, 5.41) is 13.8. The molecule has 1 aromatic rings. The number of nitrogens with one attached hydrogen (secondary N) is 1. The van der Waals surface area contributed by atoms with Crippen molar-refractivity contribution in [2.45, 2.75) is 18.9 Å². The van der Waals surface area contributed by atoms with Crippen molar-refractivity contribution in [3.05, 3.63) is 28.4 Å². The summed E-state index contributed by atoms with van der Waals surface area (Å²) in [4.78, 5) is 27.5. The van der Waals surface area contributed by atoms with Crippen LogP contribution in [0.4, 0.5) is 11.5 Å². The zero-order valence-electron chi connectivity index (χ0n) is 10.00. The van der Waals surface area contributed by atoms with Gasteiger partial charge in [-0.2, -0.15) is 0 Å². The van der Waals surface area contributed by atoms with Gasteiger partial charge in [0.25, 0.3) is 0 Å². The molecule has 7 nitrogen and oxygen atoms in total. The van der Waals surface area contributed by atoms with Gasteiger partial charge in [0, 0.05) is 38.3 Å². The smallest absolute Gasteiger partial charge is 0.311 e. The number of piperidine rings is 1. The number of pyridine rings is 1. The lowest BCUT2D eigenvalue weighted by atomic mass is 10.0. The zero-order valence-corrected chi connectivity index (χ0v) is 10.00. The first-order valence-electron chi connectivity index (χ1n) is 5.68. The standard InChI is InChI=1S/C11H14N4O3/c1-14-6-4-8(7-10(14)16)13-11-9(15(17)18)3-2-5-12-11/h2-3,5,8H,4,6-7H2,1H3,(H,12,13)/t8-/m1/s1. The maximum atomic E-state index is 11.5. The van der Waals surface area contributed by atoms with Gasteiger partial charge in [-0.3, -0.25) is 14.9 Å². The van der Waals surface area contributed by atoms with Gasteiger partial charge in [-0.15, -0.1) is 0 Å². The van der Waals surface area contributed by atoms with Gasteiger partial charge in [0.1, 0.15) is 0 Å². The maximum Gasteiger partial charge on any atom is 0.311 e. The average molecular weight is 250 g/mol. The summed E-state index contributed by atoms with van der Waals surface area (Å²) in [7, 11) is 1.75. The number of rotatable bonds is 3. The molecule has 1 amide bonds. The third-order valence-electron chi connectivity index (χ3n) is 2.98. The second-order valence-electron chi connectivity index (χ2n) is 4.28. The number of hydrogen-bond acceptors (Lipinski definition) is 5. The molecule has 1 fully saturated rings. The Bertz CT molecular complexity index is 477. The van der Waals surface area contributed by atoms with Crippen molar-refractivity contribution >= 4 is 17.4 Å². The van der Waals surface area contributed by atoms with Crippen LogP contribution in [0.2, 0.25) is 0 Å². The number of carbonyl (C=O) groups excluding carboxylic acids is 1. The van der Waals surface area contributed by atoms with Crippen molar-refractivity contribution in [3.8, 4) is 0 Å². The van der Waals surface area contributed by atoms with Crippen molar-refractivity contribution < 1.29 is 9.72 Å². The molecule has 7 heteroatoms. The predicted molar refractivity (Wildman–Crippen MR) is 65.2 cm³/mol. The predicted octanol–water partition coefficient (Wildman–Crippen LogP) is 1.02. The van der Waals surface area contributed by atoms with Gasteiger partial charge >= 0.3 is 5.69 Å². The lowest BCUT2D eigenvalue weighted by molar-refractivity contribution is -0.384. The summed E-state index contributed by atoms with van der Waals surface area (Å²) < 4.78 is 0. The van der Waals surface area contributed by atoms with Gasteiger partial charge in [-0.25, -0.2) is 4.98 Å². The molecule has 0 aromatic carbocycles. The van der Waals surface area contributed by atoms with E-state index in [0.29, 0.717) is 13.0 Å². The van der Waals surface area contributed by atoms with Gasteiger partial charge < -0.3 is 10.2 Å². The van der Waals surface area contributed by atoms with E-state index < -0.39 is 4.92 Å². The van der Waals surface area contributed by atoms with Gasteiger partial charge in [0.05, 0.1) is 4.92 Å². The van der Waals surface area contributed by atoms with E-state index in [9.17, 15) is 14.9 Å². The molecule has 2 heterocycles.